The number of nitrogens with zero attached hydrogens (tertiary/aromatic N) is 1. The van der Waals surface area contributed by atoms with E-state index in [2.05, 4.69) is 10.6 Å². The minimum absolute atomic E-state index is 0.0846. The third-order valence-corrected chi connectivity index (χ3v) is 8.54. The SMILES string of the molecule is CC(=O)NC[C@@H]1[C@@H](O)[C@H](O)[C@@H](CO)N1CCP(=O)(O)OCC(C)(NC(=O)Cc1ccc(-c2ccccc2)cc1)C(=O)O. The molecule has 3 rings (SSSR count). The summed E-state index contributed by atoms with van der Waals surface area (Å²) < 4.78 is 18.0. The molecular formula is C28H38N3O10P. The Balaban J connectivity index is 1.59. The molecule has 2 aromatic carbocycles. The lowest BCUT2D eigenvalue weighted by molar-refractivity contribution is -0.148. The maximum atomic E-state index is 12.8. The molecular weight excluding hydrogens is 569 g/mol. The van der Waals surface area contributed by atoms with Gasteiger partial charge in [-0.2, -0.15) is 0 Å². The summed E-state index contributed by atoms with van der Waals surface area (Å²) in [4.78, 5) is 47.9. The van der Waals surface area contributed by atoms with Crippen LogP contribution in [0.1, 0.15) is 19.4 Å². The molecule has 1 aliphatic heterocycles. The molecule has 0 aromatic heterocycles. The van der Waals surface area contributed by atoms with Crippen LogP contribution in [0.4, 0.5) is 0 Å². The third kappa shape index (κ3) is 8.68. The van der Waals surface area contributed by atoms with Gasteiger partial charge in [-0.25, -0.2) is 4.79 Å². The molecule has 2 unspecified atom stereocenters. The molecule has 1 aliphatic rings. The van der Waals surface area contributed by atoms with Gasteiger partial charge in [-0.15, -0.1) is 0 Å². The van der Waals surface area contributed by atoms with E-state index in [1.54, 1.807) is 12.1 Å². The second kappa shape index (κ2) is 14.3. The van der Waals surface area contributed by atoms with Gasteiger partial charge in [-0.05, 0) is 23.6 Å². The molecule has 0 radical (unpaired) electrons. The maximum Gasteiger partial charge on any atom is 0.331 e. The number of aliphatic hydroxyl groups is 3. The molecule has 13 nitrogen and oxygen atoms in total. The van der Waals surface area contributed by atoms with Gasteiger partial charge in [0.1, 0.15) is 0 Å². The van der Waals surface area contributed by atoms with Gasteiger partial charge in [-0.1, -0.05) is 54.6 Å². The van der Waals surface area contributed by atoms with E-state index >= 15 is 0 Å². The van der Waals surface area contributed by atoms with Crippen molar-refractivity contribution in [1.82, 2.24) is 15.5 Å². The van der Waals surface area contributed by atoms with Crippen LogP contribution in [0.5, 0.6) is 0 Å². The Kier molecular flexibility index (Phi) is 11.4. The predicted molar refractivity (Wildman–Crippen MR) is 152 cm³/mol. The zero-order valence-electron chi connectivity index (χ0n) is 23.4. The number of carbonyl (C=O) groups excluding carboxylic acids is 2. The molecule has 0 saturated carbocycles. The number of carbonyl (C=O) groups is 3. The summed E-state index contributed by atoms with van der Waals surface area (Å²) in [5.41, 5.74) is 0.564. The lowest BCUT2D eigenvalue weighted by Crippen LogP contribution is -2.55. The Morgan fingerprint density at radius 2 is 1.60 bits per heavy atom. The zero-order valence-corrected chi connectivity index (χ0v) is 24.3. The number of aliphatic carboxylic acids is 1. The van der Waals surface area contributed by atoms with Crippen LogP contribution in [-0.2, 0) is 29.9 Å². The van der Waals surface area contributed by atoms with E-state index in [1.165, 1.54) is 11.8 Å². The molecule has 0 spiro atoms. The Hall–Kier alpha value is -3.16. The fourth-order valence-electron chi connectivity index (χ4n) is 4.79. The normalized spacial score (nSPS) is 23.5. The summed E-state index contributed by atoms with van der Waals surface area (Å²) in [5, 5.41) is 45.0. The Bertz CT molecular complexity index is 1280. The van der Waals surface area contributed by atoms with Gasteiger partial charge in [0.25, 0.3) is 0 Å². The van der Waals surface area contributed by atoms with Crippen LogP contribution in [0.25, 0.3) is 11.1 Å². The largest absolute Gasteiger partial charge is 0.479 e. The minimum Gasteiger partial charge on any atom is -0.479 e. The Labute approximate surface area is 243 Å². The van der Waals surface area contributed by atoms with E-state index in [-0.39, 0.29) is 25.4 Å². The van der Waals surface area contributed by atoms with Crippen molar-refractivity contribution in [2.75, 3.05) is 32.5 Å². The fraction of sp³-hybridized carbons (Fsp3) is 0.464. The highest BCUT2D eigenvalue weighted by Gasteiger charge is 2.47. The number of hydrogen-bond acceptors (Lipinski definition) is 9. The Morgan fingerprint density at radius 1 is 1.00 bits per heavy atom. The first-order valence-electron chi connectivity index (χ1n) is 13.4. The molecule has 1 heterocycles. The van der Waals surface area contributed by atoms with Gasteiger partial charge >= 0.3 is 13.6 Å². The van der Waals surface area contributed by atoms with Gasteiger partial charge in [0.15, 0.2) is 5.54 Å². The average molecular weight is 608 g/mol. The van der Waals surface area contributed by atoms with Crippen molar-refractivity contribution in [3.8, 4) is 11.1 Å². The highest BCUT2D eigenvalue weighted by Crippen LogP contribution is 2.43. The second-order valence-corrected chi connectivity index (χ2v) is 12.5. The quantitative estimate of drug-likeness (QED) is 0.142. The van der Waals surface area contributed by atoms with Crippen LogP contribution < -0.4 is 10.6 Å². The number of aliphatic hydroxyl groups excluding tert-OH is 3. The third-order valence-electron chi connectivity index (χ3n) is 7.25. The van der Waals surface area contributed by atoms with Crippen molar-refractivity contribution >= 4 is 25.4 Å². The highest BCUT2D eigenvalue weighted by molar-refractivity contribution is 7.52. The number of carboxylic acids is 1. The summed E-state index contributed by atoms with van der Waals surface area (Å²) in [7, 11) is -4.46. The summed E-state index contributed by atoms with van der Waals surface area (Å²) >= 11 is 0. The van der Waals surface area contributed by atoms with Crippen LogP contribution in [0.3, 0.4) is 0 Å². The van der Waals surface area contributed by atoms with Crippen molar-refractivity contribution in [2.45, 2.75) is 50.1 Å². The Morgan fingerprint density at radius 3 is 2.17 bits per heavy atom. The van der Waals surface area contributed by atoms with E-state index in [1.807, 2.05) is 42.5 Å². The van der Waals surface area contributed by atoms with E-state index in [0.717, 1.165) is 18.1 Å². The number of amides is 2. The molecule has 1 fully saturated rings. The number of rotatable bonds is 14. The van der Waals surface area contributed by atoms with Gasteiger partial charge in [0.2, 0.25) is 11.8 Å². The number of benzene rings is 2. The first-order valence-corrected chi connectivity index (χ1v) is 15.1. The van der Waals surface area contributed by atoms with Gasteiger partial charge < -0.3 is 40.5 Å². The molecule has 230 valence electrons. The minimum atomic E-state index is -4.46. The monoisotopic (exact) mass is 607 g/mol. The van der Waals surface area contributed by atoms with E-state index in [4.69, 9.17) is 4.52 Å². The van der Waals surface area contributed by atoms with Gasteiger partial charge in [0, 0.05) is 20.0 Å². The molecule has 0 aliphatic carbocycles. The van der Waals surface area contributed by atoms with Crippen molar-refractivity contribution < 1.29 is 48.8 Å². The van der Waals surface area contributed by atoms with E-state index in [9.17, 15) is 44.3 Å². The molecule has 42 heavy (non-hydrogen) atoms. The molecule has 0 bridgehead atoms. The van der Waals surface area contributed by atoms with Crippen LogP contribution in [0.15, 0.2) is 54.6 Å². The topological polar surface area (TPSA) is 206 Å². The zero-order chi connectivity index (χ0) is 31.1. The second-order valence-electron chi connectivity index (χ2n) is 10.5. The molecule has 1 saturated heterocycles. The van der Waals surface area contributed by atoms with E-state index < -0.39 is 68.7 Å². The molecule has 7 N–H and O–H groups in total. The van der Waals surface area contributed by atoms with Gasteiger partial charge in [-0.3, -0.25) is 19.1 Å². The number of likely N-dealkylation sites (tertiary alicyclic amines) is 1. The first-order chi connectivity index (χ1) is 19.8. The van der Waals surface area contributed by atoms with Crippen molar-refractivity contribution in [2.24, 2.45) is 0 Å². The summed E-state index contributed by atoms with van der Waals surface area (Å²) in [6.07, 6.45) is -3.38. The standard InChI is InChI=1S/C28H38N3O10P/c1-18(33)29-15-22-25(35)26(36)23(16-32)31(22)12-13-42(39,40)41-17-28(2,27(37)38)30-24(34)14-19-8-10-21(11-9-19)20-6-4-3-5-7-20/h3-11,22-23,25-26,32,35-36H,12-17H2,1-2H3,(H,29,33)(H,30,34)(H,37,38)(H,39,40)/t22-,23-,25-,26-,28?/m1/s1. The van der Waals surface area contributed by atoms with Crippen molar-refractivity contribution in [1.29, 1.82) is 0 Å². The van der Waals surface area contributed by atoms with Gasteiger partial charge in [0.05, 0.1) is 50.1 Å². The summed E-state index contributed by atoms with van der Waals surface area (Å²) in [6.45, 7) is 0.721. The van der Waals surface area contributed by atoms with Crippen molar-refractivity contribution in [3.63, 3.8) is 0 Å². The highest BCUT2D eigenvalue weighted by atomic mass is 31.2. The first kappa shape index (κ1) is 33.3. The van der Waals surface area contributed by atoms with Crippen LogP contribution >= 0.6 is 7.60 Å². The summed E-state index contributed by atoms with van der Waals surface area (Å²) in [6, 6.07) is 15.0. The maximum absolute atomic E-state index is 12.8. The van der Waals surface area contributed by atoms with Crippen LogP contribution in [0.2, 0.25) is 0 Å². The van der Waals surface area contributed by atoms with E-state index in [0.29, 0.717) is 5.56 Å². The molecule has 6 atom stereocenters. The molecule has 2 amide bonds. The van der Waals surface area contributed by atoms with Crippen LogP contribution in [0, 0.1) is 0 Å². The average Bonchev–Trinajstić information content (AvgIpc) is 3.18. The molecule has 2 aromatic rings. The van der Waals surface area contributed by atoms with Crippen LogP contribution in [-0.4, -0.2) is 110 Å². The predicted octanol–water partition coefficient (Wildman–Crippen LogP) is -0.0394. The molecule has 14 heteroatoms. The van der Waals surface area contributed by atoms with Crippen molar-refractivity contribution in [3.05, 3.63) is 60.2 Å². The lowest BCUT2D eigenvalue weighted by atomic mass is 10.0. The fourth-order valence-corrected chi connectivity index (χ4v) is 5.87. The number of nitrogens with one attached hydrogen (secondary N) is 2. The lowest BCUT2D eigenvalue weighted by Gasteiger charge is -2.31. The number of hydrogen-bond donors (Lipinski definition) is 7. The smallest absolute Gasteiger partial charge is 0.331 e. The summed E-state index contributed by atoms with van der Waals surface area (Å²) in [5.74, 6) is -2.49. The number of carboxylic acid groups (broad SMARTS) is 1.